The number of piperazine rings is 2. The molecule has 0 unspecified atom stereocenters. The van der Waals surface area contributed by atoms with Crippen LogP contribution in [0.3, 0.4) is 0 Å². The number of ether oxygens (including phenoxy) is 4. The summed E-state index contributed by atoms with van der Waals surface area (Å²) in [6.07, 6.45) is -33.7. The number of amides is 3. The molecule has 2 fully saturated rings. The number of hydrogen-bond acceptors (Lipinski definition) is 9. The average molecular weight is 902 g/mol. The van der Waals surface area contributed by atoms with Crippen molar-refractivity contribution in [2.24, 2.45) is 0 Å². The van der Waals surface area contributed by atoms with Crippen LogP contribution in [0.2, 0.25) is 0 Å². The second-order valence-electron chi connectivity index (χ2n) is 11.5. The van der Waals surface area contributed by atoms with Crippen LogP contribution in [0.15, 0.2) is 0 Å². The van der Waals surface area contributed by atoms with Gasteiger partial charge in [0.05, 0.1) is 6.10 Å². The number of carbonyl (C=O) groups is 4. The van der Waals surface area contributed by atoms with E-state index in [9.17, 15) is 71.9 Å². The molecule has 2 aliphatic heterocycles. The largest absolute Gasteiger partial charge is 0.463 e. The number of nitrogens with one attached hydrogen (secondary N) is 1. The molecule has 0 saturated carbocycles. The van der Waals surface area contributed by atoms with Crippen LogP contribution in [0.1, 0.15) is 49.0 Å². The van der Waals surface area contributed by atoms with Crippen molar-refractivity contribution in [2.75, 3.05) is 58.7 Å². The third-order valence-electron chi connectivity index (χ3n) is 5.59. The fourth-order valence-electron chi connectivity index (χ4n) is 3.57. The molecule has 2 saturated heterocycles. The van der Waals surface area contributed by atoms with Crippen molar-refractivity contribution in [2.45, 2.75) is 97.6 Å². The number of rotatable bonds is 3. The van der Waals surface area contributed by atoms with E-state index in [0.29, 0.717) is 4.90 Å². The number of nitrogens with zero attached hydrogens (tertiary/aromatic N) is 3. The average Bonchev–Trinajstić information content (AvgIpc) is 2.96. The fourth-order valence-corrected chi connectivity index (χ4v) is 3.57. The summed E-state index contributed by atoms with van der Waals surface area (Å²) in [5.74, 6) is -0.213. The highest BCUT2D eigenvalue weighted by Crippen LogP contribution is 2.37. The first-order valence-corrected chi connectivity index (χ1v) is 15.5. The summed E-state index contributed by atoms with van der Waals surface area (Å²) in [4.78, 5) is 47.2. The molecule has 0 radical (unpaired) electrons. The summed E-state index contributed by atoms with van der Waals surface area (Å²) >= 11 is 4.64. The molecule has 0 bridgehead atoms. The van der Waals surface area contributed by atoms with Crippen LogP contribution in [0.4, 0.5) is 67.1 Å². The van der Waals surface area contributed by atoms with Crippen molar-refractivity contribution in [1.82, 2.24) is 20.0 Å². The zero-order valence-electron chi connectivity index (χ0n) is 29.7. The normalized spacial score (nSPS) is 14.9. The van der Waals surface area contributed by atoms with Crippen LogP contribution < -0.4 is 5.32 Å². The molecule has 0 aromatic rings. The molecule has 0 atom stereocenters. The van der Waals surface area contributed by atoms with Crippen molar-refractivity contribution >= 4 is 60.7 Å². The minimum atomic E-state index is -5.77. The highest BCUT2D eigenvalue weighted by Gasteiger charge is 2.61. The van der Waals surface area contributed by atoms with Crippen LogP contribution in [-0.2, 0) is 23.7 Å². The molecule has 0 spiro atoms. The minimum Gasteiger partial charge on any atom is -0.463 e. The molecule has 1 N–H and O–H groups in total. The quantitative estimate of drug-likeness (QED) is 0.130. The molecule has 0 aromatic heterocycles. The summed E-state index contributed by atoms with van der Waals surface area (Å²) in [6.45, 7) is 9.76. The van der Waals surface area contributed by atoms with Crippen LogP contribution in [0, 0.1) is 0 Å². The first-order valence-electron chi connectivity index (χ1n) is 14.8. The summed E-state index contributed by atoms with van der Waals surface area (Å²) < 4.78 is 164. The van der Waals surface area contributed by atoms with Gasteiger partial charge in [-0.1, -0.05) is 7.43 Å². The van der Waals surface area contributed by atoms with Gasteiger partial charge in [-0.3, -0.25) is 4.79 Å². The van der Waals surface area contributed by atoms with Crippen LogP contribution in [-0.4, -0.2) is 146 Å². The molecular weight excluding hydrogens is 855 g/mol. The van der Waals surface area contributed by atoms with E-state index in [1.54, 1.807) is 20.8 Å². The SMILES string of the molecule is C.CC(=O)OC(C)C.CC(C)(C)OC(=O)N1CCN(C(=O)OC(C(F)(F)F)C(F)(F)F)CC1.CCl.Cl.Cl.O=C(OC(C(F)(F)F)C(F)(F)F)N1CCNCC1. The van der Waals surface area contributed by atoms with Crippen LogP contribution >= 0.6 is 36.4 Å². The smallest absolute Gasteiger partial charge is 0.434 e. The lowest BCUT2D eigenvalue weighted by molar-refractivity contribution is -0.309. The van der Waals surface area contributed by atoms with Crippen molar-refractivity contribution in [1.29, 1.82) is 0 Å². The fraction of sp³-hybridized carbons (Fsp3) is 0.857. The van der Waals surface area contributed by atoms with Gasteiger partial charge < -0.3 is 39.0 Å². The third kappa shape index (κ3) is 26.7. The van der Waals surface area contributed by atoms with Gasteiger partial charge in [-0.25, -0.2) is 14.4 Å². The second kappa shape index (κ2) is 26.2. The van der Waals surface area contributed by atoms with Gasteiger partial charge in [0.1, 0.15) is 5.60 Å². The molecule has 55 heavy (non-hydrogen) atoms. The Hall–Kier alpha value is -2.73. The van der Waals surface area contributed by atoms with Gasteiger partial charge in [-0.05, 0) is 34.6 Å². The lowest BCUT2D eigenvalue weighted by Gasteiger charge is -2.35. The van der Waals surface area contributed by atoms with E-state index >= 15 is 0 Å². The molecule has 0 aliphatic carbocycles. The van der Waals surface area contributed by atoms with Crippen LogP contribution in [0.25, 0.3) is 0 Å². The predicted octanol–water partition coefficient (Wildman–Crippen LogP) is 7.98. The Morgan fingerprint density at radius 1 is 0.564 bits per heavy atom. The van der Waals surface area contributed by atoms with E-state index in [-0.39, 0.29) is 96.7 Å². The number of carbonyl (C=O) groups excluding carboxylic acids is 4. The molecule has 2 aliphatic rings. The number of alkyl halides is 13. The summed E-state index contributed by atoms with van der Waals surface area (Å²) in [7, 11) is 0. The van der Waals surface area contributed by atoms with Gasteiger partial charge in [-0.2, -0.15) is 52.7 Å². The number of halogens is 15. The van der Waals surface area contributed by atoms with Gasteiger partial charge in [-0.15, -0.1) is 36.4 Å². The first-order chi connectivity index (χ1) is 23.4. The van der Waals surface area contributed by atoms with Gasteiger partial charge >= 0.3 is 49.0 Å². The summed E-state index contributed by atoms with van der Waals surface area (Å²) in [5.41, 5.74) is -0.764. The molecule has 0 aromatic carbocycles. The predicted molar refractivity (Wildman–Crippen MR) is 178 cm³/mol. The first kappa shape index (κ1) is 61.5. The summed E-state index contributed by atoms with van der Waals surface area (Å²) in [6, 6.07) is 0. The Labute approximate surface area is 327 Å². The Bertz CT molecular complexity index is 1090. The Kier molecular flexibility index (Phi) is 29.3. The van der Waals surface area contributed by atoms with Crippen LogP contribution in [0.5, 0.6) is 0 Å². The van der Waals surface area contributed by atoms with Gasteiger partial charge in [0.15, 0.2) is 0 Å². The molecule has 332 valence electrons. The van der Waals surface area contributed by atoms with Crippen molar-refractivity contribution in [3.63, 3.8) is 0 Å². The standard InChI is InChI=1S/C13H18F6N2O4.C8H10F6N2O2.C5H10O2.CH3Cl.CH4.2ClH/c1-11(2,3)25-10(23)21-6-4-20(5-7-21)9(22)24-8(12(14,15)16)13(17,18)19;9-7(10,11)5(8(12,13)14)18-6(17)16-3-1-15-2-4-16;1-4(2)7-5(3)6;1-2;;;/h8H,4-7H2,1-3H3;5,15H,1-4H2;4H,1-3H3;1H3;1H4;2*1H. The van der Waals surface area contributed by atoms with E-state index in [4.69, 9.17) is 4.74 Å². The van der Waals surface area contributed by atoms with E-state index in [2.05, 4.69) is 31.1 Å². The molecule has 27 heteroatoms. The molecular formula is C28H47Cl3F12N4O8. The van der Waals surface area contributed by atoms with Gasteiger partial charge in [0.25, 0.3) is 12.2 Å². The van der Waals surface area contributed by atoms with Crippen molar-refractivity contribution in [3.8, 4) is 0 Å². The molecule has 2 heterocycles. The van der Waals surface area contributed by atoms with Gasteiger partial charge in [0, 0.05) is 65.7 Å². The lowest BCUT2D eigenvalue weighted by Crippen LogP contribution is -2.54. The zero-order chi connectivity index (χ0) is 41.5. The lowest BCUT2D eigenvalue weighted by atomic mass is 10.2. The van der Waals surface area contributed by atoms with E-state index in [1.165, 1.54) is 18.2 Å². The van der Waals surface area contributed by atoms with Crippen molar-refractivity contribution < 1.29 is 90.8 Å². The van der Waals surface area contributed by atoms with E-state index in [1.807, 2.05) is 13.8 Å². The number of hydrogen-bond donors (Lipinski definition) is 1. The maximum Gasteiger partial charge on any atom is 0.434 e. The minimum absolute atomic E-state index is 0. The maximum atomic E-state index is 12.4. The topological polar surface area (TPSA) is 127 Å². The Balaban J connectivity index is -0.000000244. The monoisotopic (exact) mass is 900 g/mol. The number of esters is 1. The second-order valence-corrected chi connectivity index (χ2v) is 11.5. The van der Waals surface area contributed by atoms with Gasteiger partial charge in [0.2, 0.25) is 0 Å². The molecule has 12 nitrogen and oxygen atoms in total. The Morgan fingerprint density at radius 2 is 0.836 bits per heavy atom. The third-order valence-corrected chi connectivity index (χ3v) is 5.59. The summed E-state index contributed by atoms with van der Waals surface area (Å²) in [5, 5.41) is 2.79. The highest BCUT2D eigenvalue weighted by molar-refractivity contribution is 6.15. The molecule has 2 rings (SSSR count). The van der Waals surface area contributed by atoms with E-state index < -0.39 is 60.8 Å². The Morgan fingerprint density at radius 3 is 1.05 bits per heavy atom. The molecule has 3 amide bonds. The highest BCUT2D eigenvalue weighted by atomic mass is 35.5. The van der Waals surface area contributed by atoms with E-state index in [0.717, 1.165) is 4.90 Å². The zero-order valence-corrected chi connectivity index (χ0v) is 32.1. The van der Waals surface area contributed by atoms with Crippen molar-refractivity contribution in [3.05, 3.63) is 0 Å². The maximum absolute atomic E-state index is 12.4.